The monoisotopic (exact) mass is 421 g/mol. The summed E-state index contributed by atoms with van der Waals surface area (Å²) in [6.45, 7) is 2.81. The molecule has 6 heteroatoms. The molecule has 0 heterocycles. The molecule has 28 heavy (non-hydrogen) atoms. The average molecular weight is 422 g/mol. The lowest BCUT2D eigenvalue weighted by Gasteiger charge is -2.39. The van der Waals surface area contributed by atoms with Crippen molar-refractivity contribution in [2.75, 3.05) is 20.3 Å². The van der Waals surface area contributed by atoms with Crippen molar-refractivity contribution in [1.29, 1.82) is 0 Å². The summed E-state index contributed by atoms with van der Waals surface area (Å²) in [5.41, 5.74) is 1.32. The Hall–Kier alpha value is -1.59. The van der Waals surface area contributed by atoms with E-state index in [1.807, 2.05) is 48.5 Å². The quantitative estimate of drug-likeness (QED) is 0.569. The SMILES string of the molecule is COC(=O)COC(c1cccc(Cl)c1)C(C)(NCC1CC1)c1ccc(Cl)cc1. The Morgan fingerprint density at radius 3 is 2.50 bits per heavy atom. The molecule has 1 saturated carbocycles. The maximum atomic E-state index is 11.8. The summed E-state index contributed by atoms with van der Waals surface area (Å²) in [5, 5.41) is 4.98. The van der Waals surface area contributed by atoms with Gasteiger partial charge in [0.1, 0.15) is 12.7 Å². The van der Waals surface area contributed by atoms with Gasteiger partial charge < -0.3 is 14.8 Å². The minimum Gasteiger partial charge on any atom is -0.467 e. The number of carbonyl (C=O) groups is 1. The molecule has 0 aromatic heterocycles. The van der Waals surface area contributed by atoms with Gasteiger partial charge in [0.05, 0.1) is 12.6 Å². The Labute approximate surface area is 176 Å². The van der Waals surface area contributed by atoms with Crippen LogP contribution in [0.2, 0.25) is 10.0 Å². The number of halogens is 2. The second-order valence-corrected chi connectivity index (χ2v) is 8.23. The molecular weight excluding hydrogens is 397 g/mol. The van der Waals surface area contributed by atoms with Crippen LogP contribution in [-0.4, -0.2) is 26.2 Å². The van der Waals surface area contributed by atoms with Gasteiger partial charge in [-0.2, -0.15) is 0 Å². The zero-order chi connectivity index (χ0) is 20.1. The van der Waals surface area contributed by atoms with Crippen molar-refractivity contribution >= 4 is 29.2 Å². The fourth-order valence-electron chi connectivity index (χ4n) is 3.30. The van der Waals surface area contributed by atoms with E-state index in [-0.39, 0.29) is 6.61 Å². The highest BCUT2D eigenvalue weighted by molar-refractivity contribution is 6.30. The average Bonchev–Trinajstić information content (AvgIpc) is 3.51. The molecule has 2 atom stereocenters. The first kappa shape index (κ1) is 21.1. The van der Waals surface area contributed by atoms with E-state index in [4.69, 9.17) is 32.7 Å². The van der Waals surface area contributed by atoms with E-state index in [1.165, 1.54) is 20.0 Å². The Morgan fingerprint density at radius 2 is 1.89 bits per heavy atom. The van der Waals surface area contributed by atoms with E-state index in [0.717, 1.165) is 17.7 Å². The molecule has 1 N–H and O–H groups in total. The van der Waals surface area contributed by atoms with Crippen LogP contribution in [0.1, 0.15) is 37.0 Å². The molecule has 0 spiro atoms. The van der Waals surface area contributed by atoms with Gasteiger partial charge >= 0.3 is 5.97 Å². The fraction of sp³-hybridized carbons (Fsp3) is 0.409. The van der Waals surface area contributed by atoms with Crippen LogP contribution in [-0.2, 0) is 19.8 Å². The molecule has 0 bridgehead atoms. The van der Waals surface area contributed by atoms with Crippen molar-refractivity contribution in [3.05, 3.63) is 69.7 Å². The number of hydrogen-bond acceptors (Lipinski definition) is 4. The first-order valence-corrected chi connectivity index (χ1v) is 10.1. The van der Waals surface area contributed by atoms with Crippen LogP contribution in [0.5, 0.6) is 0 Å². The van der Waals surface area contributed by atoms with Gasteiger partial charge in [-0.1, -0.05) is 47.5 Å². The number of methoxy groups -OCH3 is 1. The Morgan fingerprint density at radius 1 is 1.18 bits per heavy atom. The molecule has 0 saturated heterocycles. The Kier molecular flexibility index (Phi) is 7.00. The third-order valence-electron chi connectivity index (χ3n) is 5.17. The largest absolute Gasteiger partial charge is 0.467 e. The second kappa shape index (κ2) is 9.27. The second-order valence-electron chi connectivity index (χ2n) is 7.36. The molecule has 1 aliphatic rings. The van der Waals surface area contributed by atoms with Crippen molar-refractivity contribution in [3.8, 4) is 0 Å². The van der Waals surface area contributed by atoms with Gasteiger partial charge in [-0.3, -0.25) is 0 Å². The third kappa shape index (κ3) is 5.26. The van der Waals surface area contributed by atoms with Crippen molar-refractivity contribution < 1.29 is 14.3 Å². The molecule has 1 fully saturated rings. The third-order valence-corrected chi connectivity index (χ3v) is 5.66. The molecular formula is C22H25Cl2NO3. The summed E-state index contributed by atoms with van der Waals surface area (Å²) in [7, 11) is 1.35. The molecule has 2 aromatic carbocycles. The summed E-state index contributed by atoms with van der Waals surface area (Å²) in [6.07, 6.45) is 2.01. The molecule has 0 amide bonds. The summed E-state index contributed by atoms with van der Waals surface area (Å²) in [4.78, 5) is 11.8. The van der Waals surface area contributed by atoms with Crippen LogP contribution in [0.15, 0.2) is 48.5 Å². The van der Waals surface area contributed by atoms with Gasteiger partial charge in [0.15, 0.2) is 0 Å². The first-order chi connectivity index (χ1) is 13.4. The Bertz CT molecular complexity index is 808. The van der Waals surface area contributed by atoms with Crippen molar-refractivity contribution in [1.82, 2.24) is 5.32 Å². The lowest BCUT2D eigenvalue weighted by molar-refractivity contribution is -0.150. The molecule has 2 unspecified atom stereocenters. The van der Waals surface area contributed by atoms with Gasteiger partial charge in [-0.25, -0.2) is 4.79 Å². The maximum absolute atomic E-state index is 11.8. The number of hydrogen-bond donors (Lipinski definition) is 1. The van der Waals surface area contributed by atoms with Gasteiger partial charge in [0, 0.05) is 10.0 Å². The van der Waals surface area contributed by atoms with Crippen LogP contribution < -0.4 is 5.32 Å². The van der Waals surface area contributed by atoms with Crippen LogP contribution in [0.25, 0.3) is 0 Å². The van der Waals surface area contributed by atoms with E-state index in [1.54, 1.807) is 0 Å². The number of esters is 1. The number of carbonyl (C=O) groups excluding carboxylic acids is 1. The van der Waals surface area contributed by atoms with Crippen LogP contribution in [0.3, 0.4) is 0 Å². The standard InChI is InChI=1S/C22H25Cl2NO3/c1-22(25-13-15-6-7-15,17-8-10-18(23)11-9-17)21(28-14-20(26)27-2)16-4-3-5-19(24)12-16/h3-5,8-12,15,21,25H,6-7,13-14H2,1-2H3. The van der Waals surface area contributed by atoms with Crippen molar-refractivity contribution in [2.24, 2.45) is 5.92 Å². The zero-order valence-electron chi connectivity index (χ0n) is 16.1. The van der Waals surface area contributed by atoms with Crippen molar-refractivity contribution in [2.45, 2.75) is 31.4 Å². The summed E-state index contributed by atoms with van der Waals surface area (Å²) in [5.74, 6) is 0.250. The smallest absolute Gasteiger partial charge is 0.331 e. The number of benzene rings is 2. The minimum absolute atomic E-state index is 0.151. The predicted octanol–water partition coefficient (Wildman–Crippen LogP) is 5.14. The topological polar surface area (TPSA) is 47.6 Å². The molecule has 0 aliphatic heterocycles. The van der Waals surface area contributed by atoms with Gasteiger partial charge in [-0.15, -0.1) is 0 Å². The first-order valence-electron chi connectivity index (χ1n) is 9.37. The van der Waals surface area contributed by atoms with Crippen molar-refractivity contribution in [3.63, 3.8) is 0 Å². The molecule has 3 rings (SSSR count). The summed E-state index contributed by atoms with van der Waals surface area (Å²) >= 11 is 12.4. The lowest BCUT2D eigenvalue weighted by Crippen LogP contribution is -2.47. The zero-order valence-corrected chi connectivity index (χ0v) is 17.6. The molecule has 0 radical (unpaired) electrons. The Balaban J connectivity index is 2.00. The normalized spacial score (nSPS) is 17.0. The minimum atomic E-state index is -0.591. The van der Waals surface area contributed by atoms with Crippen LogP contribution in [0, 0.1) is 5.92 Å². The lowest BCUT2D eigenvalue weighted by atomic mass is 9.82. The number of ether oxygens (including phenoxy) is 2. The van der Waals surface area contributed by atoms with Gasteiger partial charge in [0.25, 0.3) is 0 Å². The fourth-order valence-corrected chi connectivity index (χ4v) is 3.62. The van der Waals surface area contributed by atoms with Crippen LogP contribution >= 0.6 is 23.2 Å². The van der Waals surface area contributed by atoms with E-state index in [9.17, 15) is 4.79 Å². The highest BCUT2D eigenvalue weighted by Gasteiger charge is 2.39. The highest BCUT2D eigenvalue weighted by atomic mass is 35.5. The van der Waals surface area contributed by atoms with E-state index in [0.29, 0.717) is 16.0 Å². The molecule has 2 aromatic rings. The maximum Gasteiger partial charge on any atom is 0.331 e. The van der Waals surface area contributed by atoms with E-state index < -0.39 is 17.6 Å². The number of nitrogens with one attached hydrogen (secondary N) is 1. The molecule has 1 aliphatic carbocycles. The molecule has 150 valence electrons. The number of rotatable bonds is 9. The van der Waals surface area contributed by atoms with Crippen LogP contribution in [0.4, 0.5) is 0 Å². The highest BCUT2D eigenvalue weighted by Crippen LogP contribution is 2.40. The molecule has 4 nitrogen and oxygen atoms in total. The summed E-state index contributed by atoms with van der Waals surface area (Å²) < 4.78 is 10.9. The van der Waals surface area contributed by atoms with Gasteiger partial charge in [0.2, 0.25) is 0 Å². The van der Waals surface area contributed by atoms with E-state index in [2.05, 4.69) is 12.2 Å². The van der Waals surface area contributed by atoms with Gasteiger partial charge in [-0.05, 0) is 67.6 Å². The van der Waals surface area contributed by atoms with E-state index >= 15 is 0 Å². The summed E-state index contributed by atoms with van der Waals surface area (Å²) in [6, 6.07) is 15.2. The predicted molar refractivity (Wildman–Crippen MR) is 112 cm³/mol.